The lowest BCUT2D eigenvalue weighted by molar-refractivity contribution is 0.0555. The Morgan fingerprint density at radius 1 is 0.829 bits per heavy atom. The summed E-state index contributed by atoms with van der Waals surface area (Å²) < 4.78 is 29.3. The lowest BCUT2D eigenvalue weighted by atomic mass is 9.96. The van der Waals surface area contributed by atoms with Gasteiger partial charge in [-0.1, -0.05) is 48.2 Å². The van der Waals surface area contributed by atoms with Gasteiger partial charge in [0.25, 0.3) is 0 Å². The van der Waals surface area contributed by atoms with E-state index in [1.165, 1.54) is 24.3 Å². The number of thioether (sulfide) groups is 1. The molecule has 1 aliphatic heterocycles. The van der Waals surface area contributed by atoms with Crippen LogP contribution in [0, 0.1) is 11.6 Å². The van der Waals surface area contributed by atoms with E-state index in [9.17, 15) is 13.9 Å². The van der Waals surface area contributed by atoms with Crippen LogP contribution in [-0.4, -0.2) is 57.5 Å². The topological polar surface area (TPSA) is 39.6 Å². The SMILES string of the molecule is CC(O)C(Sc1nc2ccccc2s1)N1CCN(C(c2ccc(F)cc2)c2ccc(F)cc2)CC1. The standard InChI is InChI=1S/C27H27F2N3OS2/c1-18(33)26(35-27-30-23-4-2-3-5-24(23)34-27)32-16-14-31(15-17-32)25(19-6-10-21(28)11-7-19)20-8-12-22(29)13-9-20/h2-13,18,25-26,33H,14-17H2,1H3. The van der Waals surface area contributed by atoms with E-state index in [0.717, 1.165) is 51.9 Å². The molecule has 0 radical (unpaired) electrons. The van der Waals surface area contributed by atoms with Crippen molar-refractivity contribution >= 4 is 33.3 Å². The minimum atomic E-state index is -0.524. The molecular formula is C27H27F2N3OS2. The number of para-hydroxylation sites is 1. The van der Waals surface area contributed by atoms with Gasteiger partial charge in [-0.15, -0.1) is 11.3 Å². The summed E-state index contributed by atoms with van der Waals surface area (Å²) in [5.41, 5.74) is 2.93. The molecule has 1 aliphatic rings. The number of thiazole rings is 1. The fourth-order valence-corrected chi connectivity index (χ4v) is 7.01. The number of rotatable bonds is 7. The number of aliphatic hydroxyl groups is 1. The zero-order valence-electron chi connectivity index (χ0n) is 19.3. The first kappa shape index (κ1) is 24.3. The zero-order valence-corrected chi connectivity index (χ0v) is 21.0. The molecule has 0 aliphatic carbocycles. The Bertz CT molecular complexity index is 1180. The number of piperazine rings is 1. The molecule has 8 heteroatoms. The van der Waals surface area contributed by atoms with Crippen LogP contribution in [0.1, 0.15) is 24.1 Å². The highest BCUT2D eigenvalue weighted by molar-refractivity contribution is 8.01. The lowest BCUT2D eigenvalue weighted by Crippen LogP contribution is -2.52. The van der Waals surface area contributed by atoms with Crippen LogP contribution in [0.15, 0.2) is 77.1 Å². The number of benzene rings is 3. The van der Waals surface area contributed by atoms with Crippen molar-refractivity contribution in [1.29, 1.82) is 0 Å². The van der Waals surface area contributed by atoms with Gasteiger partial charge in [-0.25, -0.2) is 13.8 Å². The number of halogens is 2. The van der Waals surface area contributed by atoms with Gasteiger partial charge in [-0.05, 0) is 54.4 Å². The molecule has 1 N–H and O–H groups in total. The molecule has 0 amide bonds. The molecule has 2 atom stereocenters. The van der Waals surface area contributed by atoms with Crippen molar-refractivity contribution in [2.24, 2.45) is 0 Å². The summed E-state index contributed by atoms with van der Waals surface area (Å²) >= 11 is 3.27. The highest BCUT2D eigenvalue weighted by atomic mass is 32.2. The van der Waals surface area contributed by atoms with E-state index in [2.05, 4.69) is 15.9 Å². The van der Waals surface area contributed by atoms with E-state index in [1.54, 1.807) is 47.4 Å². The van der Waals surface area contributed by atoms with Crippen LogP contribution >= 0.6 is 23.1 Å². The van der Waals surface area contributed by atoms with Crippen molar-refractivity contribution in [3.8, 4) is 0 Å². The van der Waals surface area contributed by atoms with E-state index < -0.39 is 6.10 Å². The molecule has 182 valence electrons. The van der Waals surface area contributed by atoms with Gasteiger partial charge in [0.2, 0.25) is 0 Å². The number of hydrogen-bond donors (Lipinski definition) is 1. The van der Waals surface area contributed by atoms with Gasteiger partial charge >= 0.3 is 0 Å². The number of aliphatic hydroxyl groups excluding tert-OH is 1. The highest BCUT2D eigenvalue weighted by Gasteiger charge is 2.32. The van der Waals surface area contributed by atoms with E-state index in [-0.39, 0.29) is 23.1 Å². The molecule has 35 heavy (non-hydrogen) atoms. The quantitative estimate of drug-likeness (QED) is 0.319. The van der Waals surface area contributed by atoms with Gasteiger partial charge in [0.05, 0.1) is 27.7 Å². The summed E-state index contributed by atoms with van der Waals surface area (Å²) in [5, 5.41) is 10.5. The molecule has 0 bridgehead atoms. The largest absolute Gasteiger partial charge is 0.391 e. The fraction of sp³-hybridized carbons (Fsp3) is 0.296. The summed E-state index contributed by atoms with van der Waals surface area (Å²) in [5.74, 6) is -0.550. The van der Waals surface area contributed by atoms with Crippen molar-refractivity contribution in [2.75, 3.05) is 26.2 Å². The van der Waals surface area contributed by atoms with E-state index in [0.29, 0.717) is 0 Å². The molecule has 2 heterocycles. The third kappa shape index (κ3) is 5.57. The molecule has 1 aromatic heterocycles. The normalized spacial score (nSPS) is 17.2. The second kappa shape index (κ2) is 10.7. The minimum absolute atomic E-state index is 0.0970. The Morgan fingerprint density at radius 2 is 1.37 bits per heavy atom. The molecule has 1 saturated heterocycles. The Kier molecular flexibility index (Phi) is 7.45. The van der Waals surface area contributed by atoms with Crippen molar-refractivity contribution in [1.82, 2.24) is 14.8 Å². The van der Waals surface area contributed by atoms with Crippen molar-refractivity contribution in [3.05, 3.63) is 95.6 Å². The monoisotopic (exact) mass is 511 g/mol. The summed E-state index contributed by atoms with van der Waals surface area (Å²) in [6.07, 6.45) is -0.524. The number of fused-ring (bicyclic) bond motifs is 1. The van der Waals surface area contributed by atoms with Crippen LogP contribution in [0.2, 0.25) is 0 Å². The summed E-state index contributed by atoms with van der Waals surface area (Å²) in [4.78, 5) is 9.39. The molecule has 1 fully saturated rings. The predicted octanol–water partition coefficient (Wildman–Crippen LogP) is 5.78. The first-order valence-corrected chi connectivity index (χ1v) is 13.4. The molecule has 4 nitrogen and oxygen atoms in total. The first-order valence-electron chi connectivity index (χ1n) is 11.7. The summed E-state index contributed by atoms with van der Waals surface area (Å²) in [7, 11) is 0. The maximum Gasteiger partial charge on any atom is 0.152 e. The van der Waals surface area contributed by atoms with Crippen LogP contribution in [0.25, 0.3) is 10.2 Å². The third-order valence-corrected chi connectivity index (χ3v) is 8.95. The summed E-state index contributed by atoms with van der Waals surface area (Å²) in [6, 6.07) is 21.1. The van der Waals surface area contributed by atoms with Gasteiger partial charge < -0.3 is 5.11 Å². The number of hydrogen-bond acceptors (Lipinski definition) is 6. The fourth-order valence-electron chi connectivity index (χ4n) is 4.64. The smallest absolute Gasteiger partial charge is 0.152 e. The maximum atomic E-state index is 13.6. The summed E-state index contributed by atoms with van der Waals surface area (Å²) in [6.45, 7) is 4.90. The highest BCUT2D eigenvalue weighted by Crippen LogP contribution is 2.36. The van der Waals surface area contributed by atoms with E-state index in [4.69, 9.17) is 4.98 Å². The Balaban J connectivity index is 1.33. The van der Waals surface area contributed by atoms with E-state index in [1.807, 2.05) is 25.1 Å². The molecule has 4 aromatic rings. The van der Waals surface area contributed by atoms with Crippen molar-refractivity contribution in [3.63, 3.8) is 0 Å². The molecule has 5 rings (SSSR count). The zero-order chi connectivity index (χ0) is 24.4. The van der Waals surface area contributed by atoms with Crippen LogP contribution in [-0.2, 0) is 0 Å². The molecule has 2 unspecified atom stereocenters. The molecule has 0 saturated carbocycles. The first-order chi connectivity index (χ1) is 17.0. The van der Waals surface area contributed by atoms with Crippen molar-refractivity contribution < 1.29 is 13.9 Å². The van der Waals surface area contributed by atoms with Gasteiger partial charge in [-0.3, -0.25) is 9.80 Å². The second-order valence-corrected chi connectivity index (χ2v) is 11.2. The van der Waals surface area contributed by atoms with Gasteiger partial charge in [0.15, 0.2) is 4.34 Å². The molecule has 0 spiro atoms. The van der Waals surface area contributed by atoms with Gasteiger partial charge in [0, 0.05) is 26.2 Å². The Morgan fingerprint density at radius 3 is 1.91 bits per heavy atom. The van der Waals surface area contributed by atoms with Crippen molar-refractivity contribution in [2.45, 2.75) is 28.8 Å². The number of nitrogens with zero attached hydrogens (tertiary/aromatic N) is 3. The third-order valence-electron chi connectivity index (χ3n) is 6.35. The van der Waals surface area contributed by atoms with Gasteiger partial charge in [-0.2, -0.15) is 0 Å². The van der Waals surface area contributed by atoms with E-state index >= 15 is 0 Å². The Hall–Kier alpha value is -2.36. The minimum Gasteiger partial charge on any atom is -0.391 e. The van der Waals surface area contributed by atoms with Crippen LogP contribution < -0.4 is 0 Å². The molecule has 3 aromatic carbocycles. The average molecular weight is 512 g/mol. The van der Waals surface area contributed by atoms with Crippen LogP contribution in [0.3, 0.4) is 0 Å². The Labute approximate surface area is 212 Å². The average Bonchev–Trinajstić information content (AvgIpc) is 3.28. The second-order valence-electron chi connectivity index (χ2n) is 8.77. The number of aromatic nitrogens is 1. The maximum absolute atomic E-state index is 13.6. The van der Waals surface area contributed by atoms with Gasteiger partial charge in [0.1, 0.15) is 11.6 Å². The van der Waals surface area contributed by atoms with Crippen LogP contribution in [0.5, 0.6) is 0 Å². The molecular weight excluding hydrogens is 484 g/mol. The van der Waals surface area contributed by atoms with Crippen LogP contribution in [0.4, 0.5) is 8.78 Å². The predicted molar refractivity (Wildman–Crippen MR) is 139 cm³/mol. The lowest BCUT2D eigenvalue weighted by Gasteiger charge is -2.43.